The second kappa shape index (κ2) is 14.9. The van der Waals surface area contributed by atoms with Crippen LogP contribution in [0, 0.1) is 5.82 Å². The molecular weight excluding hydrogens is 649 g/mol. The summed E-state index contributed by atoms with van der Waals surface area (Å²) in [7, 11) is 3.14. The number of benzene rings is 2. The van der Waals surface area contributed by atoms with E-state index in [1.807, 2.05) is 38.7 Å². The highest BCUT2D eigenvalue weighted by molar-refractivity contribution is 6.16. The molecule has 0 radical (unpaired) electrons. The van der Waals surface area contributed by atoms with Gasteiger partial charge in [0.15, 0.2) is 6.79 Å². The van der Waals surface area contributed by atoms with Crippen LogP contribution in [0.3, 0.4) is 0 Å². The predicted molar refractivity (Wildman–Crippen MR) is 184 cm³/mol. The number of halogens is 1. The standard InChI is InChI=1S/C36H46FN5O8/c1-7-26-27(37)10-9-22-15-24(49-21-45-5)17-29(30(22)26)42-19-28-31(33(42)43)32(40-11-8-13-47-14-12-40)39-34(38-28)48-20-23-16-25(46-6)18-41(23)35(44)50-36(2,3)4/h9-10,15,17,23,25H,7-8,11-14,16,18-21H2,1-6H3/t23-,25+/m0/s1. The van der Waals surface area contributed by atoms with Crippen molar-refractivity contribution in [1.82, 2.24) is 14.9 Å². The molecule has 3 aliphatic heterocycles. The highest BCUT2D eigenvalue weighted by Crippen LogP contribution is 2.41. The molecule has 0 bridgehead atoms. The molecule has 0 aliphatic carbocycles. The Bertz CT molecular complexity index is 1730. The Morgan fingerprint density at radius 3 is 2.66 bits per heavy atom. The molecule has 2 amide bonds. The van der Waals surface area contributed by atoms with Gasteiger partial charge in [0.1, 0.15) is 35.2 Å². The van der Waals surface area contributed by atoms with Gasteiger partial charge < -0.3 is 38.2 Å². The highest BCUT2D eigenvalue weighted by Gasteiger charge is 2.40. The lowest BCUT2D eigenvalue weighted by Crippen LogP contribution is -2.42. The van der Waals surface area contributed by atoms with Gasteiger partial charge in [-0.05, 0) is 63.1 Å². The van der Waals surface area contributed by atoms with Crippen molar-refractivity contribution in [2.75, 3.05) is 70.3 Å². The number of aromatic nitrogens is 2. The Kier molecular flexibility index (Phi) is 10.6. The molecule has 2 atom stereocenters. The molecule has 0 unspecified atom stereocenters. The lowest BCUT2D eigenvalue weighted by Gasteiger charge is -2.28. The van der Waals surface area contributed by atoms with Crippen molar-refractivity contribution in [2.45, 2.75) is 71.2 Å². The summed E-state index contributed by atoms with van der Waals surface area (Å²) < 4.78 is 49.4. The Hall–Kier alpha value is -4.27. The van der Waals surface area contributed by atoms with E-state index >= 15 is 4.39 Å². The van der Waals surface area contributed by atoms with Crippen LogP contribution in [0.4, 0.5) is 20.7 Å². The molecule has 270 valence electrons. The van der Waals surface area contributed by atoms with Crippen LogP contribution in [-0.4, -0.2) is 105 Å². The fraction of sp³-hybridized carbons (Fsp3) is 0.556. The maximum absolute atomic E-state index is 15.2. The SMILES string of the molecule is CCc1c(F)ccc2cc(OCOC)cc(N3Cc4nc(OC[C@@H]5C[C@@H](OC)CN5C(=O)OC(C)(C)C)nc(N5CCCOCC5)c4C3=O)c12. The van der Waals surface area contributed by atoms with E-state index in [1.54, 1.807) is 29.0 Å². The van der Waals surface area contributed by atoms with E-state index in [-0.39, 0.29) is 49.8 Å². The predicted octanol–water partition coefficient (Wildman–Crippen LogP) is 5.10. The van der Waals surface area contributed by atoms with Gasteiger partial charge in [0.05, 0.1) is 43.2 Å². The average molecular weight is 696 g/mol. The summed E-state index contributed by atoms with van der Waals surface area (Å²) in [6, 6.07) is 6.42. The molecular formula is C36H46FN5O8. The lowest BCUT2D eigenvalue weighted by atomic mass is 9.99. The van der Waals surface area contributed by atoms with Crippen LogP contribution in [-0.2, 0) is 31.9 Å². The third-order valence-corrected chi connectivity index (χ3v) is 9.08. The van der Waals surface area contributed by atoms with E-state index in [0.29, 0.717) is 85.2 Å². The van der Waals surface area contributed by atoms with Gasteiger partial charge in [0.25, 0.3) is 5.91 Å². The molecule has 1 aromatic heterocycles. The summed E-state index contributed by atoms with van der Waals surface area (Å²) in [5, 5.41) is 1.36. The van der Waals surface area contributed by atoms with E-state index in [9.17, 15) is 9.59 Å². The molecule has 14 heteroatoms. The summed E-state index contributed by atoms with van der Waals surface area (Å²) in [4.78, 5) is 42.4. The topological polar surface area (TPSA) is 125 Å². The van der Waals surface area contributed by atoms with Crippen LogP contribution < -0.4 is 19.3 Å². The maximum Gasteiger partial charge on any atom is 0.410 e. The minimum atomic E-state index is -0.661. The summed E-state index contributed by atoms with van der Waals surface area (Å²) in [5.74, 6) is 0.274. The Balaban J connectivity index is 1.37. The van der Waals surface area contributed by atoms with Crippen LogP contribution in [0.25, 0.3) is 10.8 Å². The molecule has 3 aromatic rings. The Labute approximate surface area is 291 Å². The molecule has 4 heterocycles. The van der Waals surface area contributed by atoms with Crippen molar-refractivity contribution in [3.05, 3.63) is 46.9 Å². The number of rotatable bonds is 10. The summed E-state index contributed by atoms with van der Waals surface area (Å²) in [6.07, 6.45) is 1.10. The third-order valence-electron chi connectivity index (χ3n) is 9.08. The van der Waals surface area contributed by atoms with Crippen molar-refractivity contribution in [1.29, 1.82) is 0 Å². The van der Waals surface area contributed by atoms with Crippen LogP contribution in [0.1, 0.15) is 62.2 Å². The van der Waals surface area contributed by atoms with E-state index in [0.717, 1.165) is 11.8 Å². The minimum absolute atomic E-state index is 0.00573. The van der Waals surface area contributed by atoms with Gasteiger partial charge in [0.2, 0.25) is 0 Å². The van der Waals surface area contributed by atoms with Crippen LogP contribution in [0.2, 0.25) is 0 Å². The van der Waals surface area contributed by atoms with Crippen molar-refractivity contribution in [3.8, 4) is 11.8 Å². The van der Waals surface area contributed by atoms with Crippen molar-refractivity contribution >= 4 is 34.3 Å². The normalized spacial score (nSPS) is 19.6. The van der Waals surface area contributed by atoms with Gasteiger partial charge in [-0.2, -0.15) is 9.97 Å². The van der Waals surface area contributed by atoms with E-state index in [2.05, 4.69) is 0 Å². The number of likely N-dealkylation sites (tertiary alicyclic amines) is 1. The molecule has 0 saturated carbocycles. The molecule has 0 spiro atoms. The molecule has 2 saturated heterocycles. The van der Waals surface area contributed by atoms with E-state index in [1.165, 1.54) is 13.2 Å². The Morgan fingerprint density at radius 2 is 1.92 bits per heavy atom. The quantitative estimate of drug-likeness (QED) is 0.263. The number of methoxy groups -OCH3 is 2. The van der Waals surface area contributed by atoms with Gasteiger partial charge in [-0.1, -0.05) is 13.0 Å². The number of amides is 2. The van der Waals surface area contributed by atoms with Gasteiger partial charge in [-0.3, -0.25) is 9.69 Å². The molecule has 50 heavy (non-hydrogen) atoms. The summed E-state index contributed by atoms with van der Waals surface area (Å²) in [5.41, 5.74) is 1.19. The third kappa shape index (κ3) is 7.42. The molecule has 13 nitrogen and oxygen atoms in total. The number of ether oxygens (including phenoxy) is 6. The van der Waals surface area contributed by atoms with E-state index in [4.69, 9.17) is 38.4 Å². The van der Waals surface area contributed by atoms with Gasteiger partial charge in [0, 0.05) is 45.4 Å². The summed E-state index contributed by atoms with van der Waals surface area (Å²) >= 11 is 0. The zero-order valence-corrected chi connectivity index (χ0v) is 29.6. The summed E-state index contributed by atoms with van der Waals surface area (Å²) in [6.45, 7) is 10.1. The molecule has 0 N–H and O–H groups in total. The van der Waals surface area contributed by atoms with Crippen molar-refractivity contribution < 1.29 is 42.4 Å². The molecule has 3 aliphatic rings. The number of carbonyl (C=O) groups is 2. The number of nitrogens with zero attached hydrogens (tertiary/aromatic N) is 5. The highest BCUT2D eigenvalue weighted by atomic mass is 19.1. The monoisotopic (exact) mass is 695 g/mol. The van der Waals surface area contributed by atoms with Gasteiger partial charge >= 0.3 is 12.1 Å². The zero-order valence-electron chi connectivity index (χ0n) is 29.6. The number of aryl methyl sites for hydroxylation is 1. The van der Waals surface area contributed by atoms with Crippen LogP contribution >= 0.6 is 0 Å². The van der Waals surface area contributed by atoms with Gasteiger partial charge in [-0.15, -0.1) is 0 Å². The zero-order chi connectivity index (χ0) is 35.6. The number of hydrogen-bond acceptors (Lipinski definition) is 11. The fourth-order valence-corrected chi connectivity index (χ4v) is 6.76. The minimum Gasteiger partial charge on any atom is -0.467 e. The molecule has 6 rings (SSSR count). The van der Waals surface area contributed by atoms with Crippen molar-refractivity contribution in [3.63, 3.8) is 0 Å². The first-order chi connectivity index (χ1) is 24.0. The number of hydrogen-bond donors (Lipinski definition) is 0. The number of carbonyl (C=O) groups excluding carboxylic acids is 2. The second-order valence-corrected chi connectivity index (χ2v) is 13.7. The first-order valence-corrected chi connectivity index (χ1v) is 17.1. The first-order valence-electron chi connectivity index (χ1n) is 17.1. The van der Waals surface area contributed by atoms with E-state index < -0.39 is 11.7 Å². The van der Waals surface area contributed by atoms with Crippen molar-refractivity contribution in [2.24, 2.45) is 0 Å². The van der Waals surface area contributed by atoms with Crippen LogP contribution in [0.5, 0.6) is 11.8 Å². The van der Waals surface area contributed by atoms with Crippen LogP contribution in [0.15, 0.2) is 24.3 Å². The largest absolute Gasteiger partial charge is 0.467 e. The Morgan fingerprint density at radius 1 is 1.10 bits per heavy atom. The smallest absolute Gasteiger partial charge is 0.410 e. The molecule has 2 fully saturated rings. The fourth-order valence-electron chi connectivity index (χ4n) is 6.76. The second-order valence-electron chi connectivity index (χ2n) is 13.7. The molecule has 2 aromatic carbocycles. The number of fused-ring (bicyclic) bond motifs is 2. The first kappa shape index (κ1) is 35.6. The average Bonchev–Trinajstić information content (AvgIpc) is 3.53. The van der Waals surface area contributed by atoms with Gasteiger partial charge in [-0.25, -0.2) is 9.18 Å². The lowest BCUT2D eigenvalue weighted by molar-refractivity contribution is 0.0160. The number of anilines is 2. The maximum atomic E-state index is 15.2.